The molecule has 0 saturated heterocycles. The maximum atomic E-state index is 12.2. The van der Waals surface area contributed by atoms with Crippen LogP contribution in [0.15, 0.2) is 18.2 Å². The molecule has 5 nitrogen and oxygen atoms in total. The largest absolute Gasteiger partial charge is 0.497 e. The summed E-state index contributed by atoms with van der Waals surface area (Å²) in [6, 6.07) is 4.98. The van der Waals surface area contributed by atoms with Crippen LogP contribution in [0.5, 0.6) is 11.5 Å². The Labute approximate surface area is 104 Å². The highest BCUT2D eigenvalue weighted by Gasteiger charge is 2.70. The molecule has 0 bridgehead atoms. The summed E-state index contributed by atoms with van der Waals surface area (Å²) in [4.78, 5) is 23.9. The minimum absolute atomic E-state index is 0.0655. The van der Waals surface area contributed by atoms with Crippen LogP contribution in [0.1, 0.15) is 16.8 Å². The Bertz CT molecular complexity index is 550. The second-order valence-corrected chi connectivity index (χ2v) is 4.47. The zero-order chi connectivity index (χ0) is 12.9. The fourth-order valence-electron chi connectivity index (χ4n) is 2.40. The number of hydrogen-bond acceptors (Lipinski definition) is 5. The van der Waals surface area contributed by atoms with Crippen LogP contribution >= 0.6 is 0 Å². The van der Waals surface area contributed by atoms with Crippen LogP contribution in [0.25, 0.3) is 0 Å². The highest BCUT2D eigenvalue weighted by atomic mass is 16.6. The summed E-state index contributed by atoms with van der Waals surface area (Å²) in [5.74, 6) is 0.00336. The molecule has 5 heteroatoms. The van der Waals surface area contributed by atoms with Gasteiger partial charge in [0, 0.05) is 12.5 Å². The minimum Gasteiger partial charge on any atom is -0.497 e. The quantitative estimate of drug-likeness (QED) is 0.736. The SMILES string of the molecule is COC(=O)[C@@]12C[C@@H]1C(=O)c1ccc(OC)cc1O2. The van der Waals surface area contributed by atoms with Crippen molar-refractivity contribution in [3.8, 4) is 11.5 Å². The first kappa shape index (κ1) is 11.1. The lowest BCUT2D eigenvalue weighted by Crippen LogP contribution is -2.38. The second kappa shape index (κ2) is 3.48. The molecule has 0 aromatic heterocycles. The average Bonchev–Trinajstić information content (AvgIpc) is 3.13. The van der Waals surface area contributed by atoms with Gasteiger partial charge in [-0.3, -0.25) is 4.79 Å². The second-order valence-electron chi connectivity index (χ2n) is 4.47. The lowest BCUT2D eigenvalue weighted by atomic mass is 10.0. The molecule has 2 aliphatic rings. The lowest BCUT2D eigenvalue weighted by Gasteiger charge is -2.23. The zero-order valence-corrected chi connectivity index (χ0v) is 10.1. The number of carbonyl (C=O) groups is 2. The van der Waals surface area contributed by atoms with Gasteiger partial charge in [-0.15, -0.1) is 0 Å². The van der Waals surface area contributed by atoms with Gasteiger partial charge in [0.25, 0.3) is 0 Å². The maximum Gasteiger partial charge on any atom is 0.351 e. The van der Waals surface area contributed by atoms with E-state index < -0.39 is 17.5 Å². The van der Waals surface area contributed by atoms with E-state index >= 15 is 0 Å². The van der Waals surface area contributed by atoms with Crippen molar-refractivity contribution in [2.24, 2.45) is 5.92 Å². The Morgan fingerprint density at radius 1 is 1.44 bits per heavy atom. The molecule has 1 heterocycles. The van der Waals surface area contributed by atoms with Crippen molar-refractivity contribution in [2.75, 3.05) is 14.2 Å². The summed E-state index contributed by atoms with van der Waals surface area (Å²) in [5.41, 5.74) is -0.608. The normalized spacial score (nSPS) is 27.7. The van der Waals surface area contributed by atoms with Gasteiger partial charge in [-0.05, 0) is 12.1 Å². The molecule has 0 amide bonds. The Kier molecular flexibility index (Phi) is 2.14. The monoisotopic (exact) mass is 248 g/mol. The minimum atomic E-state index is -1.11. The van der Waals surface area contributed by atoms with Crippen molar-refractivity contribution in [3.05, 3.63) is 23.8 Å². The fraction of sp³-hybridized carbons (Fsp3) is 0.385. The number of ether oxygens (including phenoxy) is 3. The highest BCUT2D eigenvalue weighted by molar-refractivity contribution is 6.09. The highest BCUT2D eigenvalue weighted by Crippen LogP contribution is 2.54. The molecule has 0 N–H and O–H groups in total. The molecule has 2 atom stereocenters. The molecule has 1 saturated carbocycles. The zero-order valence-electron chi connectivity index (χ0n) is 10.1. The Morgan fingerprint density at radius 3 is 2.89 bits per heavy atom. The molecular weight excluding hydrogens is 236 g/mol. The molecule has 0 spiro atoms. The van der Waals surface area contributed by atoms with E-state index in [9.17, 15) is 9.59 Å². The lowest BCUT2D eigenvalue weighted by molar-refractivity contribution is -0.152. The van der Waals surface area contributed by atoms with Gasteiger partial charge in [0.05, 0.1) is 25.7 Å². The number of carbonyl (C=O) groups excluding carboxylic acids is 2. The average molecular weight is 248 g/mol. The maximum absolute atomic E-state index is 12.2. The molecule has 1 fully saturated rings. The van der Waals surface area contributed by atoms with Crippen molar-refractivity contribution in [1.82, 2.24) is 0 Å². The first-order chi connectivity index (χ1) is 8.62. The first-order valence-corrected chi connectivity index (χ1v) is 5.62. The summed E-state index contributed by atoms with van der Waals surface area (Å²) < 4.78 is 15.5. The van der Waals surface area contributed by atoms with Gasteiger partial charge in [0.2, 0.25) is 5.60 Å². The molecule has 0 unspecified atom stereocenters. The smallest absolute Gasteiger partial charge is 0.351 e. The van der Waals surface area contributed by atoms with E-state index in [1.165, 1.54) is 14.2 Å². The van der Waals surface area contributed by atoms with E-state index in [1.54, 1.807) is 18.2 Å². The number of rotatable bonds is 2. The molecule has 0 radical (unpaired) electrons. The Balaban J connectivity index is 2.03. The summed E-state index contributed by atoms with van der Waals surface area (Å²) in [6.45, 7) is 0. The van der Waals surface area contributed by atoms with Crippen LogP contribution in [-0.4, -0.2) is 31.6 Å². The van der Waals surface area contributed by atoms with Crippen molar-refractivity contribution in [3.63, 3.8) is 0 Å². The van der Waals surface area contributed by atoms with Gasteiger partial charge in [0.1, 0.15) is 11.5 Å². The number of ketones is 1. The van der Waals surface area contributed by atoms with Gasteiger partial charge in [-0.2, -0.15) is 0 Å². The van der Waals surface area contributed by atoms with Crippen LogP contribution in [0.2, 0.25) is 0 Å². The van der Waals surface area contributed by atoms with E-state index in [0.29, 0.717) is 23.5 Å². The van der Waals surface area contributed by atoms with E-state index in [1.807, 2.05) is 0 Å². The van der Waals surface area contributed by atoms with Crippen molar-refractivity contribution < 1.29 is 23.8 Å². The number of benzene rings is 1. The molecule has 3 rings (SSSR count). The van der Waals surface area contributed by atoms with Crippen molar-refractivity contribution in [2.45, 2.75) is 12.0 Å². The van der Waals surface area contributed by atoms with Gasteiger partial charge < -0.3 is 14.2 Å². The number of hydrogen-bond donors (Lipinski definition) is 0. The summed E-state index contributed by atoms with van der Waals surface area (Å²) in [6.07, 6.45) is 0.384. The van der Waals surface area contributed by atoms with Crippen LogP contribution in [0.4, 0.5) is 0 Å². The van der Waals surface area contributed by atoms with Gasteiger partial charge in [0.15, 0.2) is 5.78 Å². The molecule has 1 aliphatic heterocycles. The number of methoxy groups -OCH3 is 2. The standard InChI is InChI=1S/C13H12O5/c1-16-7-3-4-8-10(5-7)18-13(12(15)17-2)6-9(13)11(8)14/h3-5,9H,6H2,1-2H3/t9-,13-/m1/s1. The van der Waals surface area contributed by atoms with Crippen molar-refractivity contribution in [1.29, 1.82) is 0 Å². The van der Waals surface area contributed by atoms with E-state index in [2.05, 4.69) is 0 Å². The topological polar surface area (TPSA) is 61.8 Å². The summed E-state index contributed by atoms with van der Waals surface area (Å²) in [7, 11) is 2.82. The summed E-state index contributed by atoms with van der Waals surface area (Å²) >= 11 is 0. The van der Waals surface area contributed by atoms with Crippen LogP contribution < -0.4 is 9.47 Å². The predicted molar refractivity (Wildman–Crippen MR) is 60.8 cm³/mol. The third-order valence-corrected chi connectivity index (χ3v) is 3.50. The molecule has 18 heavy (non-hydrogen) atoms. The number of Topliss-reactive ketones (excluding diaryl/α,β-unsaturated/α-hetero) is 1. The van der Waals surface area contributed by atoms with E-state index in [-0.39, 0.29) is 5.78 Å². The summed E-state index contributed by atoms with van der Waals surface area (Å²) in [5, 5.41) is 0. The van der Waals surface area contributed by atoms with Crippen LogP contribution in [-0.2, 0) is 9.53 Å². The Morgan fingerprint density at radius 2 is 2.22 bits per heavy atom. The fourth-order valence-corrected chi connectivity index (χ4v) is 2.40. The van der Waals surface area contributed by atoms with Crippen molar-refractivity contribution >= 4 is 11.8 Å². The number of fused-ring (bicyclic) bond motifs is 2. The van der Waals surface area contributed by atoms with E-state index in [0.717, 1.165) is 0 Å². The van der Waals surface area contributed by atoms with E-state index in [4.69, 9.17) is 14.2 Å². The van der Waals surface area contributed by atoms with Gasteiger partial charge in [-0.1, -0.05) is 0 Å². The molecule has 1 aromatic carbocycles. The number of esters is 1. The Hall–Kier alpha value is -2.04. The first-order valence-electron chi connectivity index (χ1n) is 5.62. The van der Waals surface area contributed by atoms with Crippen LogP contribution in [0.3, 0.4) is 0 Å². The van der Waals surface area contributed by atoms with Crippen LogP contribution in [0, 0.1) is 5.92 Å². The predicted octanol–water partition coefficient (Wildman–Crippen LogP) is 1.20. The molecule has 1 aliphatic carbocycles. The molecule has 94 valence electrons. The third-order valence-electron chi connectivity index (χ3n) is 3.50. The molecular formula is C13H12O5. The van der Waals surface area contributed by atoms with Gasteiger partial charge in [-0.25, -0.2) is 4.79 Å². The van der Waals surface area contributed by atoms with Gasteiger partial charge >= 0.3 is 5.97 Å². The third kappa shape index (κ3) is 1.27. The molecule has 1 aromatic rings.